The van der Waals surface area contributed by atoms with Crippen LogP contribution in [0.3, 0.4) is 0 Å². The smallest absolute Gasteiger partial charge is 0.312 e. The van der Waals surface area contributed by atoms with Gasteiger partial charge in [-0.1, -0.05) is 78.3 Å². The molecule has 0 saturated heterocycles. The highest BCUT2D eigenvalue weighted by Gasteiger charge is 2.24. The maximum absolute atomic E-state index is 13.1. The summed E-state index contributed by atoms with van der Waals surface area (Å²) in [5, 5.41) is 7.25. The van der Waals surface area contributed by atoms with Gasteiger partial charge in [-0.05, 0) is 28.8 Å². The number of nitrogens with one attached hydrogen (secondary N) is 3. The van der Waals surface area contributed by atoms with E-state index in [1.54, 1.807) is 0 Å². The summed E-state index contributed by atoms with van der Waals surface area (Å²) in [7, 11) is 0. The lowest BCUT2D eigenvalue weighted by atomic mass is 9.90. The van der Waals surface area contributed by atoms with E-state index in [4.69, 9.17) is 17.3 Å². The third-order valence-electron chi connectivity index (χ3n) is 5.67. The summed E-state index contributed by atoms with van der Waals surface area (Å²) in [4.78, 5) is 28.0. The number of H-pyrrole nitrogens is 1. The van der Waals surface area contributed by atoms with Gasteiger partial charge in [0.05, 0.1) is 0 Å². The van der Waals surface area contributed by atoms with Crippen LogP contribution in [0.25, 0.3) is 10.9 Å². The quantitative estimate of drug-likeness (QED) is 0.314. The Labute approximate surface area is 197 Å². The predicted octanol–water partition coefficient (Wildman–Crippen LogP) is 4.35. The van der Waals surface area contributed by atoms with E-state index in [2.05, 4.69) is 15.6 Å². The Morgan fingerprint density at radius 3 is 2.36 bits per heavy atom. The normalized spacial score (nSPS) is 12.8. The van der Waals surface area contributed by atoms with E-state index in [0.29, 0.717) is 18.0 Å². The molecule has 4 aromatic rings. The number of hydrogen-bond donors (Lipinski definition) is 4. The lowest BCUT2D eigenvalue weighted by molar-refractivity contribution is -0.122. The molecule has 0 unspecified atom stereocenters. The molecule has 33 heavy (non-hydrogen) atoms. The van der Waals surface area contributed by atoms with Crippen molar-refractivity contribution >= 4 is 34.4 Å². The lowest BCUT2D eigenvalue weighted by Crippen LogP contribution is -2.50. The zero-order chi connectivity index (χ0) is 23.2. The van der Waals surface area contributed by atoms with Crippen LogP contribution in [0.1, 0.15) is 22.6 Å². The minimum Gasteiger partial charge on any atom is -0.361 e. The van der Waals surface area contributed by atoms with Gasteiger partial charge in [-0.2, -0.15) is 0 Å². The largest absolute Gasteiger partial charge is 0.361 e. The zero-order valence-corrected chi connectivity index (χ0v) is 18.7. The molecule has 6 nitrogen and oxygen atoms in total. The van der Waals surface area contributed by atoms with Gasteiger partial charge >= 0.3 is 6.03 Å². The van der Waals surface area contributed by atoms with Crippen LogP contribution in [0.5, 0.6) is 0 Å². The van der Waals surface area contributed by atoms with Gasteiger partial charge in [0.25, 0.3) is 0 Å². The van der Waals surface area contributed by atoms with Crippen molar-refractivity contribution in [2.24, 2.45) is 5.73 Å². The van der Waals surface area contributed by atoms with Crippen molar-refractivity contribution in [2.75, 3.05) is 6.54 Å². The van der Waals surface area contributed by atoms with E-state index in [9.17, 15) is 9.59 Å². The first kappa shape index (κ1) is 22.4. The fourth-order valence-electron chi connectivity index (χ4n) is 4.08. The van der Waals surface area contributed by atoms with Crippen LogP contribution < -0.4 is 16.4 Å². The number of hydrogen-bond acceptors (Lipinski definition) is 2. The summed E-state index contributed by atoms with van der Waals surface area (Å²) in [6.07, 6.45) is 2.29. The first-order valence-corrected chi connectivity index (χ1v) is 11.1. The number of primary amides is 1. The van der Waals surface area contributed by atoms with Gasteiger partial charge in [-0.15, -0.1) is 0 Å². The first-order valence-electron chi connectivity index (χ1n) is 10.7. The molecule has 0 bridgehead atoms. The van der Waals surface area contributed by atoms with Crippen molar-refractivity contribution in [1.82, 2.24) is 15.6 Å². The van der Waals surface area contributed by atoms with Crippen molar-refractivity contribution in [2.45, 2.75) is 18.4 Å². The average Bonchev–Trinajstić information content (AvgIpc) is 3.24. The van der Waals surface area contributed by atoms with Crippen LogP contribution in [-0.4, -0.2) is 29.5 Å². The number of rotatable bonds is 8. The SMILES string of the molecule is NC(=O)N[C@@H](Cc1ccccc1)C(=O)NC[C@H](c1ccccc1Cl)c1c[nH]c2ccccc12. The zero-order valence-electron chi connectivity index (χ0n) is 17.9. The second kappa shape index (κ2) is 10.2. The molecule has 4 rings (SSSR count). The number of benzene rings is 3. The van der Waals surface area contributed by atoms with Crippen LogP contribution >= 0.6 is 11.6 Å². The van der Waals surface area contributed by atoms with Gasteiger partial charge in [0.2, 0.25) is 5.91 Å². The number of fused-ring (bicyclic) bond motifs is 1. The molecule has 0 aliphatic rings. The second-order valence-corrected chi connectivity index (χ2v) is 8.27. The number of aromatic nitrogens is 1. The Hall–Kier alpha value is -3.77. The Morgan fingerprint density at radius 1 is 0.909 bits per heavy atom. The van der Waals surface area contributed by atoms with Crippen molar-refractivity contribution in [3.05, 3.63) is 107 Å². The van der Waals surface area contributed by atoms with Crippen LogP contribution in [0.4, 0.5) is 4.79 Å². The Morgan fingerprint density at radius 2 is 1.61 bits per heavy atom. The van der Waals surface area contributed by atoms with E-state index >= 15 is 0 Å². The summed E-state index contributed by atoms with van der Waals surface area (Å²) in [5.74, 6) is -0.501. The van der Waals surface area contributed by atoms with E-state index in [0.717, 1.165) is 27.6 Å². The highest BCUT2D eigenvalue weighted by Crippen LogP contribution is 2.34. The molecule has 1 aromatic heterocycles. The van der Waals surface area contributed by atoms with Crippen molar-refractivity contribution in [3.8, 4) is 0 Å². The van der Waals surface area contributed by atoms with Crippen LogP contribution in [0.2, 0.25) is 5.02 Å². The molecule has 0 spiro atoms. The fraction of sp³-hybridized carbons (Fsp3) is 0.154. The third kappa shape index (κ3) is 5.35. The number of halogens is 1. The van der Waals surface area contributed by atoms with E-state index in [1.165, 1.54) is 0 Å². The van der Waals surface area contributed by atoms with Gasteiger partial charge in [0.15, 0.2) is 0 Å². The highest BCUT2D eigenvalue weighted by atomic mass is 35.5. The summed E-state index contributed by atoms with van der Waals surface area (Å²) in [6.45, 7) is 0.302. The molecular weight excluding hydrogens is 436 g/mol. The number of aromatic amines is 1. The summed E-state index contributed by atoms with van der Waals surface area (Å²) in [5.41, 5.74) is 9.21. The van der Waals surface area contributed by atoms with Crippen LogP contribution in [-0.2, 0) is 11.2 Å². The number of nitrogens with two attached hydrogens (primary N) is 1. The number of para-hydroxylation sites is 1. The topological polar surface area (TPSA) is 100 Å². The standard InChI is InChI=1S/C26H25ClN4O2/c27-22-12-6-4-10-18(22)20(21-15-29-23-13-7-5-11-19(21)23)16-30-25(32)24(31-26(28)33)14-17-8-2-1-3-9-17/h1-13,15,20,24,29H,14,16H2,(H,30,32)(H3,28,31,33)/t20-,24+/m1/s1. The summed E-state index contributed by atoms with van der Waals surface area (Å²) >= 11 is 6.54. The van der Waals surface area contributed by atoms with E-state index in [1.807, 2.05) is 85.1 Å². The fourth-order valence-corrected chi connectivity index (χ4v) is 4.35. The molecule has 5 N–H and O–H groups in total. The molecular formula is C26H25ClN4O2. The Bertz CT molecular complexity index is 1260. The average molecular weight is 461 g/mol. The number of amides is 3. The Kier molecular flexibility index (Phi) is 6.95. The molecule has 7 heteroatoms. The molecule has 0 radical (unpaired) electrons. The third-order valence-corrected chi connectivity index (χ3v) is 6.02. The molecule has 3 aromatic carbocycles. The monoisotopic (exact) mass is 460 g/mol. The molecule has 168 valence electrons. The molecule has 1 heterocycles. The number of carbonyl (C=O) groups excluding carboxylic acids is 2. The summed E-state index contributed by atoms with van der Waals surface area (Å²) in [6, 6.07) is 23.6. The molecule has 0 saturated carbocycles. The van der Waals surface area contributed by atoms with Crippen molar-refractivity contribution < 1.29 is 9.59 Å². The minimum atomic E-state index is -0.792. The maximum Gasteiger partial charge on any atom is 0.312 e. The Balaban J connectivity index is 1.60. The van der Waals surface area contributed by atoms with Crippen LogP contribution in [0, 0.1) is 0 Å². The van der Waals surface area contributed by atoms with Gasteiger partial charge in [-0.3, -0.25) is 4.79 Å². The van der Waals surface area contributed by atoms with Gasteiger partial charge in [0, 0.05) is 41.0 Å². The first-order chi connectivity index (χ1) is 16.0. The lowest BCUT2D eigenvalue weighted by Gasteiger charge is -2.22. The maximum atomic E-state index is 13.1. The summed E-state index contributed by atoms with van der Waals surface area (Å²) < 4.78 is 0. The van der Waals surface area contributed by atoms with Crippen LogP contribution in [0.15, 0.2) is 85.1 Å². The molecule has 0 fully saturated rings. The van der Waals surface area contributed by atoms with Gasteiger partial charge in [-0.25, -0.2) is 4.79 Å². The molecule has 0 aliphatic heterocycles. The molecule has 2 atom stereocenters. The predicted molar refractivity (Wildman–Crippen MR) is 131 cm³/mol. The number of carbonyl (C=O) groups is 2. The van der Waals surface area contributed by atoms with E-state index in [-0.39, 0.29) is 11.8 Å². The number of urea groups is 1. The molecule has 3 amide bonds. The highest BCUT2D eigenvalue weighted by molar-refractivity contribution is 6.31. The second-order valence-electron chi connectivity index (χ2n) is 7.86. The van der Waals surface area contributed by atoms with Crippen molar-refractivity contribution in [3.63, 3.8) is 0 Å². The van der Waals surface area contributed by atoms with Gasteiger partial charge < -0.3 is 21.4 Å². The van der Waals surface area contributed by atoms with Crippen molar-refractivity contribution in [1.29, 1.82) is 0 Å². The van der Waals surface area contributed by atoms with Gasteiger partial charge in [0.1, 0.15) is 6.04 Å². The molecule has 0 aliphatic carbocycles. The minimum absolute atomic E-state index is 0.190. The van der Waals surface area contributed by atoms with E-state index < -0.39 is 12.1 Å².